The summed E-state index contributed by atoms with van der Waals surface area (Å²) in [5.74, 6) is -0.394. The maximum absolute atomic E-state index is 12.2. The van der Waals surface area contributed by atoms with E-state index in [1.807, 2.05) is 45.0 Å². The number of hydrogen-bond donors (Lipinski definition) is 2. The molecule has 27 heavy (non-hydrogen) atoms. The average molecular weight is 387 g/mol. The number of nitrogens with one attached hydrogen (secondary N) is 2. The Morgan fingerprint density at radius 2 is 1.89 bits per heavy atom. The summed E-state index contributed by atoms with van der Waals surface area (Å²) in [4.78, 5) is 12.1. The predicted octanol–water partition coefficient (Wildman–Crippen LogP) is 3.86. The Kier molecular flexibility index (Phi) is 7.33. The molecule has 2 aromatic rings. The molecule has 6 heteroatoms. The molecule has 1 amide bonds. The van der Waals surface area contributed by atoms with E-state index in [1.165, 1.54) is 6.08 Å². The summed E-state index contributed by atoms with van der Waals surface area (Å²) in [5, 5.41) is 2.76. The van der Waals surface area contributed by atoms with E-state index in [2.05, 4.69) is 10.0 Å². The number of anilines is 1. The van der Waals surface area contributed by atoms with Gasteiger partial charge in [0.1, 0.15) is 0 Å². The maximum Gasteiger partial charge on any atom is 0.248 e. The minimum atomic E-state index is -3.42. The van der Waals surface area contributed by atoms with Crippen molar-refractivity contribution < 1.29 is 13.2 Å². The van der Waals surface area contributed by atoms with Gasteiger partial charge in [0, 0.05) is 17.8 Å². The van der Waals surface area contributed by atoms with Crippen molar-refractivity contribution in [3.8, 4) is 0 Å². The van der Waals surface area contributed by atoms with Crippen LogP contribution in [0.25, 0.3) is 6.08 Å². The van der Waals surface area contributed by atoms with E-state index in [1.54, 1.807) is 30.3 Å². The molecule has 1 unspecified atom stereocenters. The third kappa shape index (κ3) is 7.37. The molecule has 0 saturated carbocycles. The van der Waals surface area contributed by atoms with Gasteiger partial charge in [-0.3, -0.25) is 4.79 Å². The first-order chi connectivity index (χ1) is 12.8. The van der Waals surface area contributed by atoms with Gasteiger partial charge in [0.2, 0.25) is 15.9 Å². The van der Waals surface area contributed by atoms with Crippen LogP contribution in [0.2, 0.25) is 0 Å². The zero-order valence-corrected chi connectivity index (χ0v) is 16.7. The molecule has 2 N–H and O–H groups in total. The number of carbonyl (C=O) groups is 1. The molecule has 5 nitrogen and oxygen atoms in total. The predicted molar refractivity (Wildman–Crippen MR) is 111 cm³/mol. The molecule has 1 atom stereocenters. The minimum absolute atomic E-state index is 0.107. The molecule has 0 bridgehead atoms. The van der Waals surface area contributed by atoms with Gasteiger partial charge in [0.25, 0.3) is 0 Å². The van der Waals surface area contributed by atoms with Crippen LogP contribution in [-0.4, -0.2) is 20.4 Å². The second-order valence-electron chi connectivity index (χ2n) is 6.62. The van der Waals surface area contributed by atoms with E-state index < -0.39 is 10.0 Å². The van der Waals surface area contributed by atoms with Crippen molar-refractivity contribution in [1.29, 1.82) is 0 Å². The number of hydrogen-bond acceptors (Lipinski definition) is 3. The van der Waals surface area contributed by atoms with E-state index in [0.717, 1.165) is 17.5 Å². The van der Waals surface area contributed by atoms with Gasteiger partial charge in [0.05, 0.1) is 5.75 Å². The highest BCUT2D eigenvalue weighted by Crippen LogP contribution is 2.14. The molecule has 0 aliphatic rings. The first kappa shape index (κ1) is 20.9. The Hall–Kier alpha value is -2.44. The number of aryl methyl sites for hydroxylation is 1. The third-order valence-electron chi connectivity index (χ3n) is 4.01. The zero-order valence-electron chi connectivity index (χ0n) is 15.9. The van der Waals surface area contributed by atoms with Crippen LogP contribution < -0.4 is 10.0 Å². The van der Waals surface area contributed by atoms with Crippen LogP contribution in [0.3, 0.4) is 0 Å². The first-order valence-electron chi connectivity index (χ1n) is 8.92. The highest BCUT2D eigenvalue weighted by atomic mass is 32.2. The molecule has 0 spiro atoms. The summed E-state index contributed by atoms with van der Waals surface area (Å²) >= 11 is 0. The van der Waals surface area contributed by atoms with E-state index in [0.29, 0.717) is 11.3 Å². The van der Waals surface area contributed by atoms with E-state index in [-0.39, 0.29) is 17.7 Å². The van der Waals surface area contributed by atoms with Crippen molar-refractivity contribution >= 4 is 27.7 Å². The van der Waals surface area contributed by atoms with Crippen LogP contribution in [0.15, 0.2) is 54.6 Å². The van der Waals surface area contributed by atoms with Gasteiger partial charge < -0.3 is 5.32 Å². The fourth-order valence-corrected chi connectivity index (χ4v) is 4.00. The van der Waals surface area contributed by atoms with Gasteiger partial charge in [-0.2, -0.15) is 0 Å². The lowest BCUT2D eigenvalue weighted by Crippen LogP contribution is -2.32. The fourth-order valence-electron chi connectivity index (χ4n) is 2.52. The summed E-state index contributed by atoms with van der Waals surface area (Å²) in [6, 6.07) is 14.6. The summed E-state index contributed by atoms with van der Waals surface area (Å²) < 4.78 is 27.0. The first-order valence-corrected chi connectivity index (χ1v) is 10.6. The van der Waals surface area contributed by atoms with Gasteiger partial charge in [0.15, 0.2) is 0 Å². The van der Waals surface area contributed by atoms with E-state index in [9.17, 15) is 13.2 Å². The van der Waals surface area contributed by atoms with Crippen LogP contribution in [0.4, 0.5) is 5.69 Å². The zero-order chi connectivity index (χ0) is 19.9. The monoisotopic (exact) mass is 386 g/mol. The van der Waals surface area contributed by atoms with Crippen LogP contribution >= 0.6 is 0 Å². The number of rotatable bonds is 8. The van der Waals surface area contributed by atoms with Crippen LogP contribution in [0, 0.1) is 6.92 Å². The van der Waals surface area contributed by atoms with Gasteiger partial charge in [-0.05, 0) is 49.6 Å². The second kappa shape index (κ2) is 9.48. The molecule has 144 valence electrons. The number of amides is 1. The molecular weight excluding hydrogens is 360 g/mol. The van der Waals surface area contributed by atoms with E-state index >= 15 is 0 Å². The topological polar surface area (TPSA) is 75.3 Å². The van der Waals surface area contributed by atoms with Crippen LogP contribution in [0.1, 0.15) is 37.0 Å². The van der Waals surface area contributed by atoms with Crippen molar-refractivity contribution in [2.45, 2.75) is 39.0 Å². The Balaban J connectivity index is 2.01. The van der Waals surface area contributed by atoms with Crippen molar-refractivity contribution in [1.82, 2.24) is 4.72 Å². The average Bonchev–Trinajstić information content (AvgIpc) is 2.59. The molecule has 0 aliphatic carbocycles. The van der Waals surface area contributed by atoms with Crippen LogP contribution in [0.5, 0.6) is 0 Å². The molecule has 2 rings (SSSR count). The van der Waals surface area contributed by atoms with Gasteiger partial charge in [-0.25, -0.2) is 13.1 Å². The summed E-state index contributed by atoms with van der Waals surface area (Å²) in [7, 11) is -3.42. The molecule has 0 radical (unpaired) electrons. The number of benzene rings is 2. The molecule has 2 aromatic carbocycles. The lowest BCUT2D eigenvalue weighted by atomic mass is 10.1. The van der Waals surface area contributed by atoms with Crippen molar-refractivity contribution in [2.24, 2.45) is 0 Å². The Labute approximate surface area is 161 Å². The standard InChI is InChI=1S/C21H26N2O3S/c1-4-17(3)23-27(25,26)15-19-9-6-10-20(14-19)22-21(24)12-11-18-8-5-7-16(2)13-18/h5-14,17,23H,4,15H2,1-3H3,(H,22,24). The quantitative estimate of drug-likeness (QED) is 0.677. The molecular formula is C21H26N2O3S. The molecule has 0 saturated heterocycles. The highest BCUT2D eigenvalue weighted by Gasteiger charge is 2.14. The number of carbonyl (C=O) groups excluding carboxylic acids is 1. The SMILES string of the molecule is CCC(C)NS(=O)(=O)Cc1cccc(NC(=O)C=Cc2cccc(C)c2)c1. The molecule has 0 heterocycles. The highest BCUT2D eigenvalue weighted by molar-refractivity contribution is 7.88. The van der Waals surface area contributed by atoms with Crippen LogP contribution in [-0.2, 0) is 20.6 Å². The summed E-state index contributed by atoms with van der Waals surface area (Å²) in [6.07, 6.45) is 3.93. The second-order valence-corrected chi connectivity index (χ2v) is 8.38. The third-order valence-corrected chi connectivity index (χ3v) is 5.49. The Morgan fingerprint density at radius 3 is 2.59 bits per heavy atom. The fraction of sp³-hybridized carbons (Fsp3) is 0.286. The van der Waals surface area contributed by atoms with Crippen molar-refractivity contribution in [3.63, 3.8) is 0 Å². The van der Waals surface area contributed by atoms with Gasteiger partial charge >= 0.3 is 0 Å². The molecule has 0 fully saturated rings. The lowest BCUT2D eigenvalue weighted by Gasteiger charge is -2.12. The Bertz CT molecular complexity index is 921. The molecule has 0 aromatic heterocycles. The number of sulfonamides is 1. The maximum atomic E-state index is 12.2. The van der Waals surface area contributed by atoms with Crippen molar-refractivity contribution in [3.05, 3.63) is 71.3 Å². The largest absolute Gasteiger partial charge is 0.323 e. The summed E-state index contributed by atoms with van der Waals surface area (Å²) in [6.45, 7) is 5.75. The normalized spacial score (nSPS) is 12.9. The lowest BCUT2D eigenvalue weighted by molar-refractivity contribution is -0.111. The minimum Gasteiger partial charge on any atom is -0.323 e. The Morgan fingerprint density at radius 1 is 1.15 bits per heavy atom. The smallest absolute Gasteiger partial charge is 0.248 e. The van der Waals surface area contributed by atoms with Gasteiger partial charge in [-0.15, -0.1) is 0 Å². The van der Waals surface area contributed by atoms with E-state index in [4.69, 9.17) is 0 Å². The summed E-state index contributed by atoms with van der Waals surface area (Å²) in [5.41, 5.74) is 3.25. The molecule has 0 aliphatic heterocycles. The van der Waals surface area contributed by atoms with Gasteiger partial charge in [-0.1, -0.05) is 48.9 Å². The van der Waals surface area contributed by atoms with Crippen molar-refractivity contribution in [2.75, 3.05) is 5.32 Å².